The summed E-state index contributed by atoms with van der Waals surface area (Å²) in [5.41, 5.74) is 2.40. The Bertz CT molecular complexity index is 442. The van der Waals surface area contributed by atoms with E-state index >= 15 is 0 Å². The van der Waals surface area contributed by atoms with Crippen molar-refractivity contribution in [2.24, 2.45) is 11.8 Å². The van der Waals surface area contributed by atoms with Gasteiger partial charge in [-0.1, -0.05) is 31.5 Å². The molecule has 118 valence electrons. The van der Waals surface area contributed by atoms with E-state index in [0.29, 0.717) is 0 Å². The molecule has 1 aromatic rings. The number of halogens is 1. The van der Waals surface area contributed by atoms with E-state index in [1.165, 1.54) is 12.1 Å². The molecule has 0 saturated carbocycles. The molecular formula is C17H27ClN2O. The van der Waals surface area contributed by atoms with E-state index in [4.69, 9.17) is 16.3 Å². The van der Waals surface area contributed by atoms with Gasteiger partial charge in [-0.25, -0.2) is 0 Å². The lowest BCUT2D eigenvalue weighted by molar-refractivity contribution is 0.199. The van der Waals surface area contributed by atoms with Crippen molar-refractivity contribution in [3.8, 4) is 0 Å². The van der Waals surface area contributed by atoms with Crippen molar-refractivity contribution in [1.82, 2.24) is 5.32 Å². The monoisotopic (exact) mass is 310 g/mol. The second-order valence-electron chi connectivity index (χ2n) is 6.30. The predicted molar refractivity (Wildman–Crippen MR) is 90.2 cm³/mol. The minimum Gasteiger partial charge on any atom is -0.383 e. The maximum absolute atomic E-state index is 6.44. The van der Waals surface area contributed by atoms with Gasteiger partial charge in [-0.15, -0.1) is 0 Å². The molecule has 1 aliphatic heterocycles. The Morgan fingerprint density at radius 3 is 2.62 bits per heavy atom. The van der Waals surface area contributed by atoms with Crippen molar-refractivity contribution in [1.29, 1.82) is 0 Å². The summed E-state index contributed by atoms with van der Waals surface area (Å²) in [6.45, 7) is 9.28. The van der Waals surface area contributed by atoms with Crippen LogP contribution in [0.25, 0.3) is 0 Å². The van der Waals surface area contributed by atoms with E-state index in [1.807, 2.05) is 0 Å². The van der Waals surface area contributed by atoms with Gasteiger partial charge in [0.25, 0.3) is 0 Å². The summed E-state index contributed by atoms with van der Waals surface area (Å²) >= 11 is 6.44. The van der Waals surface area contributed by atoms with Crippen molar-refractivity contribution in [3.05, 3.63) is 28.8 Å². The van der Waals surface area contributed by atoms with Crippen molar-refractivity contribution < 1.29 is 4.74 Å². The molecule has 3 nitrogen and oxygen atoms in total. The number of nitrogens with one attached hydrogen (secondary N) is 1. The fourth-order valence-corrected chi connectivity index (χ4v) is 3.39. The first-order valence-electron chi connectivity index (χ1n) is 7.83. The zero-order chi connectivity index (χ0) is 15.2. The summed E-state index contributed by atoms with van der Waals surface area (Å²) in [6, 6.07) is 6.45. The smallest absolute Gasteiger partial charge is 0.0587 e. The zero-order valence-electron chi connectivity index (χ0n) is 13.4. The first kappa shape index (κ1) is 16.6. The third-order valence-electron chi connectivity index (χ3n) is 4.07. The number of ether oxygens (including phenoxy) is 1. The van der Waals surface area contributed by atoms with Gasteiger partial charge in [0, 0.05) is 44.0 Å². The highest BCUT2D eigenvalue weighted by Gasteiger charge is 2.22. The van der Waals surface area contributed by atoms with Gasteiger partial charge in [-0.05, 0) is 36.0 Å². The summed E-state index contributed by atoms with van der Waals surface area (Å²) in [5, 5.41) is 4.18. The van der Waals surface area contributed by atoms with E-state index in [9.17, 15) is 0 Å². The molecule has 0 aliphatic carbocycles. The van der Waals surface area contributed by atoms with Crippen LogP contribution in [0, 0.1) is 11.8 Å². The molecule has 4 heteroatoms. The lowest BCUT2D eigenvalue weighted by Gasteiger charge is -2.36. The first-order valence-corrected chi connectivity index (χ1v) is 8.21. The van der Waals surface area contributed by atoms with Gasteiger partial charge in [0.05, 0.1) is 6.61 Å². The van der Waals surface area contributed by atoms with Crippen LogP contribution in [-0.2, 0) is 11.3 Å². The molecule has 0 aromatic heterocycles. The highest BCUT2D eigenvalue weighted by Crippen LogP contribution is 2.29. The molecule has 1 saturated heterocycles. The molecule has 0 radical (unpaired) electrons. The lowest BCUT2D eigenvalue weighted by atomic mass is 9.91. The van der Waals surface area contributed by atoms with Crippen molar-refractivity contribution in [3.63, 3.8) is 0 Å². The van der Waals surface area contributed by atoms with Crippen LogP contribution in [0.15, 0.2) is 18.2 Å². The molecule has 21 heavy (non-hydrogen) atoms. The van der Waals surface area contributed by atoms with Crippen LogP contribution in [-0.4, -0.2) is 33.4 Å². The Morgan fingerprint density at radius 1 is 1.29 bits per heavy atom. The van der Waals surface area contributed by atoms with Gasteiger partial charge in [0.15, 0.2) is 0 Å². The van der Waals surface area contributed by atoms with E-state index in [0.717, 1.165) is 55.2 Å². The predicted octanol–water partition coefficient (Wildman–Crippen LogP) is 3.56. The Morgan fingerprint density at radius 2 is 2.00 bits per heavy atom. The summed E-state index contributed by atoms with van der Waals surface area (Å²) in [6.07, 6.45) is 1.33. The number of piperidine rings is 1. The Labute approximate surface area is 133 Å². The summed E-state index contributed by atoms with van der Waals surface area (Å²) in [7, 11) is 1.71. The molecule has 2 atom stereocenters. The van der Waals surface area contributed by atoms with Crippen molar-refractivity contribution in [2.75, 3.05) is 38.3 Å². The Kier molecular flexibility index (Phi) is 6.34. The number of hydrogen-bond donors (Lipinski definition) is 1. The number of rotatable bonds is 6. The minimum atomic E-state index is 0.721. The SMILES string of the molecule is COCCNCc1ccc(N2CC(C)CC(C)C2)cc1Cl. The zero-order valence-corrected chi connectivity index (χ0v) is 14.1. The quantitative estimate of drug-likeness (QED) is 0.813. The van der Waals surface area contributed by atoms with Gasteiger partial charge in [-0.2, -0.15) is 0 Å². The van der Waals surface area contributed by atoms with Crippen LogP contribution < -0.4 is 10.2 Å². The molecule has 0 bridgehead atoms. The highest BCUT2D eigenvalue weighted by molar-refractivity contribution is 6.31. The van der Waals surface area contributed by atoms with Crippen LogP contribution >= 0.6 is 11.6 Å². The second kappa shape index (κ2) is 8.02. The van der Waals surface area contributed by atoms with Crippen LogP contribution in [0.5, 0.6) is 0 Å². The lowest BCUT2D eigenvalue weighted by Crippen LogP contribution is -2.38. The number of nitrogens with zero attached hydrogens (tertiary/aromatic N) is 1. The fourth-order valence-electron chi connectivity index (χ4n) is 3.15. The second-order valence-corrected chi connectivity index (χ2v) is 6.70. The largest absolute Gasteiger partial charge is 0.383 e. The number of benzene rings is 1. The molecule has 1 heterocycles. The maximum Gasteiger partial charge on any atom is 0.0587 e. The van der Waals surface area contributed by atoms with E-state index < -0.39 is 0 Å². The molecule has 1 fully saturated rings. The fraction of sp³-hybridized carbons (Fsp3) is 0.647. The molecule has 0 spiro atoms. The Hall–Kier alpha value is -0.770. The van der Waals surface area contributed by atoms with Crippen LogP contribution in [0.2, 0.25) is 5.02 Å². The third-order valence-corrected chi connectivity index (χ3v) is 4.42. The summed E-state index contributed by atoms with van der Waals surface area (Å²) < 4.78 is 5.03. The Balaban J connectivity index is 1.98. The van der Waals surface area contributed by atoms with E-state index in [2.05, 4.69) is 42.3 Å². The highest BCUT2D eigenvalue weighted by atomic mass is 35.5. The number of anilines is 1. The molecular weight excluding hydrogens is 284 g/mol. The van der Waals surface area contributed by atoms with E-state index in [1.54, 1.807) is 7.11 Å². The molecule has 1 aromatic carbocycles. The minimum absolute atomic E-state index is 0.721. The average Bonchev–Trinajstić information content (AvgIpc) is 2.44. The van der Waals surface area contributed by atoms with Gasteiger partial charge in [-0.3, -0.25) is 0 Å². The molecule has 2 rings (SSSR count). The van der Waals surface area contributed by atoms with Gasteiger partial charge < -0.3 is 15.0 Å². The molecule has 1 aliphatic rings. The van der Waals surface area contributed by atoms with E-state index in [-0.39, 0.29) is 0 Å². The average molecular weight is 311 g/mol. The van der Waals surface area contributed by atoms with Crippen LogP contribution in [0.1, 0.15) is 25.8 Å². The third kappa shape index (κ3) is 4.87. The number of hydrogen-bond acceptors (Lipinski definition) is 3. The van der Waals surface area contributed by atoms with Gasteiger partial charge in [0.1, 0.15) is 0 Å². The van der Waals surface area contributed by atoms with Gasteiger partial charge in [0.2, 0.25) is 0 Å². The van der Waals surface area contributed by atoms with Crippen LogP contribution in [0.4, 0.5) is 5.69 Å². The summed E-state index contributed by atoms with van der Waals surface area (Å²) in [4.78, 5) is 2.47. The first-order chi connectivity index (χ1) is 10.1. The molecule has 0 amide bonds. The maximum atomic E-state index is 6.44. The van der Waals surface area contributed by atoms with Crippen molar-refractivity contribution in [2.45, 2.75) is 26.8 Å². The number of methoxy groups -OCH3 is 1. The topological polar surface area (TPSA) is 24.5 Å². The van der Waals surface area contributed by atoms with Crippen LogP contribution in [0.3, 0.4) is 0 Å². The summed E-state index contributed by atoms with van der Waals surface area (Å²) in [5.74, 6) is 1.51. The normalized spacial score (nSPS) is 22.6. The van der Waals surface area contributed by atoms with Crippen molar-refractivity contribution >= 4 is 17.3 Å². The standard InChI is InChI=1S/C17H27ClN2O/c1-13-8-14(2)12-20(11-13)16-5-4-15(17(18)9-16)10-19-6-7-21-3/h4-5,9,13-14,19H,6-8,10-12H2,1-3H3. The van der Waals surface area contributed by atoms with Gasteiger partial charge >= 0.3 is 0 Å². The molecule has 1 N–H and O–H groups in total. The molecule has 2 unspecified atom stereocenters.